The minimum Gasteiger partial charge on any atom is -0.385 e. The van der Waals surface area contributed by atoms with E-state index < -0.39 is 24.0 Å². The highest BCUT2D eigenvalue weighted by molar-refractivity contribution is 5.89. The lowest BCUT2D eigenvalue weighted by atomic mass is 10.1. The number of hydrogen-bond donors (Lipinski definition) is 1. The van der Waals surface area contributed by atoms with Gasteiger partial charge in [-0.1, -0.05) is 0 Å². The number of ketones is 1. The molecule has 0 aromatic carbocycles. The number of aliphatic hydroxyl groups is 1. The van der Waals surface area contributed by atoms with E-state index in [4.69, 9.17) is 5.11 Å². The molecule has 0 saturated heterocycles. The molecule has 0 aliphatic rings. The highest BCUT2D eigenvalue weighted by Crippen LogP contribution is 2.36. The molecule has 0 rings (SSSR count). The van der Waals surface area contributed by atoms with Crippen molar-refractivity contribution in [2.24, 2.45) is 0 Å². The van der Waals surface area contributed by atoms with Gasteiger partial charge in [-0.05, 0) is 6.92 Å². The van der Waals surface area contributed by atoms with Gasteiger partial charge in [0.25, 0.3) is 0 Å². The summed E-state index contributed by atoms with van der Waals surface area (Å²) in [5.41, 5.74) is 0. The molecule has 0 radical (unpaired) electrons. The molecule has 0 aliphatic heterocycles. The van der Waals surface area contributed by atoms with Crippen LogP contribution in [0.5, 0.6) is 0 Å². The molecule has 0 aromatic rings. The van der Waals surface area contributed by atoms with Crippen molar-refractivity contribution in [1.29, 1.82) is 0 Å². The van der Waals surface area contributed by atoms with Crippen LogP contribution in [0, 0.1) is 0 Å². The summed E-state index contributed by atoms with van der Waals surface area (Å²) in [6, 6.07) is 0. The number of carbonyl (C=O) groups is 1. The van der Waals surface area contributed by atoms with Crippen LogP contribution in [0.15, 0.2) is 0 Å². The summed E-state index contributed by atoms with van der Waals surface area (Å²) in [6.45, 7) is 0.544. The van der Waals surface area contributed by atoms with Crippen LogP contribution in [0.25, 0.3) is 0 Å². The third kappa shape index (κ3) is 1.90. The van der Waals surface area contributed by atoms with Gasteiger partial charge in [0, 0.05) is 0 Å². The predicted molar refractivity (Wildman–Crippen MR) is 27.7 cm³/mol. The van der Waals surface area contributed by atoms with Gasteiger partial charge in [-0.3, -0.25) is 4.79 Å². The molecular weight excluding hydrogens is 187 g/mol. The topological polar surface area (TPSA) is 37.3 Å². The molecule has 0 aromatic heterocycles. The Kier molecular flexibility index (Phi) is 2.79. The van der Waals surface area contributed by atoms with Crippen molar-refractivity contribution in [3.63, 3.8) is 0 Å². The zero-order chi connectivity index (χ0) is 10.2. The summed E-state index contributed by atoms with van der Waals surface area (Å²) in [7, 11) is 0. The average Bonchev–Trinajstić information content (AvgIpc) is 1.83. The first-order chi connectivity index (χ1) is 5.10. The molecule has 0 heterocycles. The Labute approximate surface area is 64.0 Å². The van der Waals surface area contributed by atoms with Gasteiger partial charge in [-0.2, -0.15) is 22.0 Å². The molecule has 1 atom stereocenters. The van der Waals surface area contributed by atoms with Crippen molar-refractivity contribution in [2.45, 2.75) is 25.1 Å². The fourth-order valence-corrected chi connectivity index (χ4v) is 0.402. The molecule has 12 heavy (non-hydrogen) atoms. The second-order valence-corrected chi connectivity index (χ2v) is 2.11. The third-order valence-electron chi connectivity index (χ3n) is 1.04. The van der Waals surface area contributed by atoms with E-state index in [0.717, 1.165) is 0 Å². The predicted octanol–water partition coefficient (Wildman–Crippen LogP) is 1.13. The molecule has 1 unspecified atom stereocenters. The molecule has 72 valence electrons. The fourth-order valence-electron chi connectivity index (χ4n) is 0.402. The highest BCUT2D eigenvalue weighted by atomic mass is 19.4. The second-order valence-electron chi connectivity index (χ2n) is 2.11. The Morgan fingerprint density at radius 3 is 1.67 bits per heavy atom. The molecule has 7 heteroatoms. The van der Waals surface area contributed by atoms with Crippen LogP contribution in [0.3, 0.4) is 0 Å². The minimum absolute atomic E-state index is 0.544. The number of rotatable bonds is 2. The summed E-state index contributed by atoms with van der Waals surface area (Å²) in [5.74, 6) is -8.02. The Balaban J connectivity index is 4.74. The Morgan fingerprint density at radius 1 is 1.25 bits per heavy atom. The zero-order valence-corrected chi connectivity index (χ0v) is 5.82. The van der Waals surface area contributed by atoms with Crippen LogP contribution in [0.2, 0.25) is 0 Å². The first kappa shape index (κ1) is 11.3. The Morgan fingerprint density at radius 2 is 1.58 bits per heavy atom. The van der Waals surface area contributed by atoms with E-state index in [9.17, 15) is 26.7 Å². The number of carbonyl (C=O) groups excluding carboxylic acids is 1. The lowest BCUT2D eigenvalue weighted by Gasteiger charge is -2.18. The van der Waals surface area contributed by atoms with E-state index in [1.807, 2.05) is 0 Å². The van der Waals surface area contributed by atoms with E-state index in [1.54, 1.807) is 0 Å². The molecule has 0 spiro atoms. The summed E-state index contributed by atoms with van der Waals surface area (Å²) in [6.07, 6.45) is -8.28. The largest absolute Gasteiger partial charge is 0.461 e. The van der Waals surface area contributed by atoms with Gasteiger partial charge in [0.05, 0.1) is 0 Å². The van der Waals surface area contributed by atoms with Gasteiger partial charge >= 0.3 is 12.1 Å². The number of aliphatic hydroxyl groups excluding tert-OH is 1. The van der Waals surface area contributed by atoms with Crippen LogP contribution in [0.4, 0.5) is 22.0 Å². The number of Topliss-reactive ketones (excluding diaryl/α,β-unsaturated/α-hetero) is 1. The van der Waals surface area contributed by atoms with Crippen molar-refractivity contribution >= 4 is 5.78 Å². The molecule has 1 N–H and O–H groups in total. The molecule has 2 nitrogen and oxygen atoms in total. The second kappa shape index (κ2) is 2.96. The molecule has 0 amide bonds. The van der Waals surface area contributed by atoms with Crippen molar-refractivity contribution in [2.75, 3.05) is 0 Å². The fraction of sp³-hybridized carbons (Fsp3) is 0.800. The molecule has 0 aliphatic carbocycles. The Bertz CT molecular complexity index is 183. The monoisotopic (exact) mass is 192 g/mol. The standard InChI is InChI=1S/C5H5F5O2/c1-2(11)3(12)4(6,7)5(8,9)10/h2,11H,1H3. The zero-order valence-electron chi connectivity index (χ0n) is 5.82. The quantitative estimate of drug-likeness (QED) is 0.666. The van der Waals surface area contributed by atoms with Gasteiger partial charge in [-0.15, -0.1) is 0 Å². The van der Waals surface area contributed by atoms with Gasteiger partial charge in [0.1, 0.15) is 6.10 Å². The van der Waals surface area contributed by atoms with Crippen LogP contribution in [-0.2, 0) is 4.79 Å². The molecule has 0 fully saturated rings. The van der Waals surface area contributed by atoms with Crippen LogP contribution < -0.4 is 0 Å². The highest BCUT2D eigenvalue weighted by Gasteiger charge is 2.63. The summed E-state index contributed by atoms with van der Waals surface area (Å²) < 4.78 is 58.0. The summed E-state index contributed by atoms with van der Waals surface area (Å²) in [4.78, 5) is 10.1. The lowest BCUT2D eigenvalue weighted by molar-refractivity contribution is -0.271. The smallest absolute Gasteiger partial charge is 0.385 e. The van der Waals surface area contributed by atoms with Crippen molar-refractivity contribution < 1.29 is 31.9 Å². The first-order valence-corrected chi connectivity index (χ1v) is 2.77. The van der Waals surface area contributed by atoms with Crippen molar-refractivity contribution in [3.05, 3.63) is 0 Å². The van der Waals surface area contributed by atoms with Crippen molar-refractivity contribution in [1.82, 2.24) is 0 Å². The van der Waals surface area contributed by atoms with E-state index in [0.29, 0.717) is 6.92 Å². The number of hydrogen-bond acceptors (Lipinski definition) is 2. The number of halogens is 5. The molecule has 0 saturated carbocycles. The van der Waals surface area contributed by atoms with Gasteiger partial charge in [-0.25, -0.2) is 0 Å². The summed E-state index contributed by atoms with van der Waals surface area (Å²) in [5, 5.41) is 8.19. The van der Waals surface area contributed by atoms with Crippen LogP contribution in [0.1, 0.15) is 6.92 Å². The minimum atomic E-state index is -5.94. The van der Waals surface area contributed by atoms with E-state index in [1.165, 1.54) is 0 Å². The molecule has 0 bridgehead atoms. The maximum atomic E-state index is 11.9. The number of alkyl halides is 5. The van der Waals surface area contributed by atoms with Gasteiger partial charge < -0.3 is 5.11 Å². The van der Waals surface area contributed by atoms with E-state index >= 15 is 0 Å². The average molecular weight is 192 g/mol. The van der Waals surface area contributed by atoms with Crippen LogP contribution >= 0.6 is 0 Å². The van der Waals surface area contributed by atoms with Crippen LogP contribution in [-0.4, -0.2) is 29.1 Å². The third-order valence-corrected chi connectivity index (χ3v) is 1.04. The Hall–Kier alpha value is -0.720. The normalized spacial score (nSPS) is 15.9. The lowest BCUT2D eigenvalue weighted by Crippen LogP contribution is -2.48. The van der Waals surface area contributed by atoms with Gasteiger partial charge in [0.2, 0.25) is 5.78 Å². The molecular formula is C5H5F5O2. The van der Waals surface area contributed by atoms with E-state index in [-0.39, 0.29) is 0 Å². The van der Waals surface area contributed by atoms with Gasteiger partial charge in [0.15, 0.2) is 0 Å². The first-order valence-electron chi connectivity index (χ1n) is 2.77. The summed E-state index contributed by atoms with van der Waals surface area (Å²) >= 11 is 0. The maximum Gasteiger partial charge on any atom is 0.461 e. The maximum absolute atomic E-state index is 11.9. The SMILES string of the molecule is CC(O)C(=O)C(F)(F)C(F)(F)F. The van der Waals surface area contributed by atoms with Crippen molar-refractivity contribution in [3.8, 4) is 0 Å². The van der Waals surface area contributed by atoms with E-state index in [2.05, 4.69) is 0 Å².